The summed E-state index contributed by atoms with van der Waals surface area (Å²) in [6.45, 7) is 6.33. The number of nitrogens with two attached hydrogens (primary N) is 1. The van der Waals surface area contributed by atoms with Gasteiger partial charge < -0.3 is 15.7 Å². The van der Waals surface area contributed by atoms with Gasteiger partial charge in [0.15, 0.2) is 5.65 Å². The fourth-order valence-electron chi connectivity index (χ4n) is 3.76. The predicted molar refractivity (Wildman–Crippen MR) is 99.9 cm³/mol. The number of carbonyl (C=O) groups is 1. The van der Waals surface area contributed by atoms with E-state index >= 15 is 0 Å². The first-order valence-electron chi connectivity index (χ1n) is 9.16. The van der Waals surface area contributed by atoms with E-state index in [1.54, 1.807) is 17.2 Å². The normalized spacial score (nSPS) is 14.0. The summed E-state index contributed by atoms with van der Waals surface area (Å²) in [5, 5.41) is 14.1. The van der Waals surface area contributed by atoms with E-state index < -0.39 is 0 Å². The van der Waals surface area contributed by atoms with Gasteiger partial charge >= 0.3 is 0 Å². The van der Waals surface area contributed by atoms with Crippen molar-refractivity contribution in [2.75, 3.05) is 12.3 Å². The van der Waals surface area contributed by atoms with Gasteiger partial charge in [-0.1, -0.05) is 0 Å². The number of aromatic nitrogens is 5. The average molecular weight is 369 g/mol. The van der Waals surface area contributed by atoms with Gasteiger partial charge in [0.05, 0.1) is 17.9 Å². The third-order valence-electron chi connectivity index (χ3n) is 5.13. The molecule has 9 heteroatoms. The fourth-order valence-corrected chi connectivity index (χ4v) is 3.76. The number of rotatable bonds is 4. The maximum atomic E-state index is 13.0. The van der Waals surface area contributed by atoms with Gasteiger partial charge in [-0.25, -0.2) is 9.97 Å². The molecule has 1 amide bonds. The molecule has 142 valence electrons. The topological polar surface area (TPSA) is 115 Å². The van der Waals surface area contributed by atoms with Crippen LogP contribution in [0.1, 0.15) is 41.2 Å². The Labute approximate surface area is 156 Å². The predicted octanol–water partition coefficient (Wildman–Crippen LogP) is 0.941. The summed E-state index contributed by atoms with van der Waals surface area (Å²) in [7, 11) is 0. The monoisotopic (exact) mass is 369 g/mol. The average Bonchev–Trinajstić information content (AvgIpc) is 3.21. The molecule has 0 saturated carbocycles. The molecule has 0 aromatic carbocycles. The van der Waals surface area contributed by atoms with E-state index in [4.69, 9.17) is 5.73 Å². The number of hydrogen-bond donors (Lipinski definition) is 2. The van der Waals surface area contributed by atoms with Crippen LogP contribution < -0.4 is 5.73 Å². The number of aliphatic hydroxyl groups excluding tert-OH is 1. The smallest absolute Gasteiger partial charge is 0.255 e. The van der Waals surface area contributed by atoms with Gasteiger partial charge in [-0.15, -0.1) is 0 Å². The summed E-state index contributed by atoms with van der Waals surface area (Å²) in [4.78, 5) is 23.5. The Morgan fingerprint density at radius 1 is 1.33 bits per heavy atom. The van der Waals surface area contributed by atoms with Crippen LogP contribution >= 0.6 is 0 Å². The summed E-state index contributed by atoms with van der Waals surface area (Å²) in [5.41, 5.74) is 10.4. The molecule has 3 aromatic heterocycles. The molecule has 0 bridgehead atoms. The van der Waals surface area contributed by atoms with Crippen molar-refractivity contribution >= 4 is 23.0 Å². The lowest BCUT2D eigenvalue weighted by molar-refractivity contribution is 0.0731. The van der Waals surface area contributed by atoms with Gasteiger partial charge in [0, 0.05) is 50.1 Å². The van der Waals surface area contributed by atoms with E-state index in [-0.39, 0.29) is 12.5 Å². The number of carbonyl (C=O) groups excluding carboxylic acids is 1. The minimum absolute atomic E-state index is 0.104. The molecule has 0 fully saturated rings. The zero-order valence-corrected chi connectivity index (χ0v) is 15.5. The minimum atomic E-state index is -0.126. The number of hydrogen-bond acceptors (Lipinski definition) is 6. The number of aliphatic hydroxyl groups is 1. The highest BCUT2D eigenvalue weighted by Gasteiger charge is 2.28. The third kappa shape index (κ3) is 2.74. The van der Waals surface area contributed by atoms with Crippen LogP contribution in [0.5, 0.6) is 0 Å². The molecule has 27 heavy (non-hydrogen) atoms. The van der Waals surface area contributed by atoms with Crippen LogP contribution in [0.4, 0.5) is 5.95 Å². The second kappa shape index (κ2) is 6.66. The van der Waals surface area contributed by atoms with E-state index in [1.807, 2.05) is 23.1 Å². The van der Waals surface area contributed by atoms with E-state index in [2.05, 4.69) is 15.1 Å². The van der Waals surface area contributed by atoms with Gasteiger partial charge in [0.1, 0.15) is 5.52 Å². The molecular weight excluding hydrogens is 346 g/mol. The third-order valence-corrected chi connectivity index (χ3v) is 5.13. The number of nitrogens with zero attached hydrogens (tertiary/aromatic N) is 6. The number of anilines is 1. The van der Waals surface area contributed by atoms with Crippen molar-refractivity contribution in [2.45, 2.75) is 46.5 Å². The Hall–Kier alpha value is -2.94. The van der Waals surface area contributed by atoms with Gasteiger partial charge in [-0.05, 0) is 19.9 Å². The number of nitrogen functional groups attached to an aromatic ring is 1. The molecule has 1 aliphatic heterocycles. The Bertz CT molecular complexity index is 1020. The number of imidazole rings is 1. The Morgan fingerprint density at radius 2 is 2.15 bits per heavy atom. The highest BCUT2D eigenvalue weighted by Crippen LogP contribution is 2.25. The number of fused-ring (bicyclic) bond motifs is 2. The first kappa shape index (κ1) is 17.5. The van der Waals surface area contributed by atoms with Crippen molar-refractivity contribution in [3.05, 3.63) is 34.8 Å². The quantitative estimate of drug-likeness (QED) is 0.707. The number of pyridine rings is 1. The molecule has 4 heterocycles. The highest BCUT2D eigenvalue weighted by atomic mass is 16.3. The lowest BCUT2D eigenvalue weighted by atomic mass is 10.0. The largest absolute Gasteiger partial charge is 0.390 e. The lowest BCUT2D eigenvalue weighted by Crippen LogP contribution is -2.36. The maximum absolute atomic E-state index is 13.0. The van der Waals surface area contributed by atoms with Crippen LogP contribution in [0.3, 0.4) is 0 Å². The Morgan fingerprint density at radius 3 is 2.85 bits per heavy atom. The van der Waals surface area contributed by atoms with Crippen LogP contribution in [0.15, 0.2) is 12.3 Å². The Balaban J connectivity index is 1.64. The minimum Gasteiger partial charge on any atom is -0.390 e. The van der Waals surface area contributed by atoms with Gasteiger partial charge in [0.25, 0.3) is 5.91 Å². The standard InChI is InChI=1S/C18H23N7O2/c1-3-24-16-13(21-18(24)19)7-11(8-20-16)17(27)23-6-5-15-12(9-23)14(10-26)22-25(15)4-2/h7-8,26H,3-6,9-10H2,1-2H3,(H2,19,21). The summed E-state index contributed by atoms with van der Waals surface area (Å²) < 4.78 is 3.72. The van der Waals surface area contributed by atoms with Crippen molar-refractivity contribution in [1.82, 2.24) is 29.2 Å². The van der Waals surface area contributed by atoms with Crippen LogP contribution in [0.2, 0.25) is 0 Å². The van der Waals surface area contributed by atoms with Crippen LogP contribution in [-0.2, 0) is 32.7 Å². The summed E-state index contributed by atoms with van der Waals surface area (Å²) in [5.74, 6) is 0.291. The number of amides is 1. The molecule has 0 radical (unpaired) electrons. The fraction of sp³-hybridized carbons (Fsp3) is 0.444. The summed E-state index contributed by atoms with van der Waals surface area (Å²) in [6, 6.07) is 1.74. The van der Waals surface area contributed by atoms with E-state index in [1.165, 1.54) is 0 Å². The van der Waals surface area contributed by atoms with Crippen molar-refractivity contribution < 1.29 is 9.90 Å². The molecule has 0 atom stereocenters. The molecule has 4 rings (SSSR count). The van der Waals surface area contributed by atoms with Crippen molar-refractivity contribution in [3.63, 3.8) is 0 Å². The zero-order chi connectivity index (χ0) is 19.1. The summed E-state index contributed by atoms with van der Waals surface area (Å²) >= 11 is 0. The summed E-state index contributed by atoms with van der Waals surface area (Å²) in [6.07, 6.45) is 2.30. The van der Waals surface area contributed by atoms with Crippen molar-refractivity contribution in [2.24, 2.45) is 0 Å². The van der Waals surface area contributed by atoms with Gasteiger partial charge in [-0.2, -0.15) is 5.10 Å². The molecule has 0 saturated heterocycles. The van der Waals surface area contributed by atoms with E-state index in [0.717, 1.165) is 24.2 Å². The molecule has 9 nitrogen and oxygen atoms in total. The van der Waals surface area contributed by atoms with E-state index in [9.17, 15) is 9.90 Å². The molecule has 3 aromatic rings. The second-order valence-corrected chi connectivity index (χ2v) is 6.60. The van der Waals surface area contributed by atoms with Crippen LogP contribution in [0.25, 0.3) is 11.2 Å². The van der Waals surface area contributed by atoms with Gasteiger partial charge in [-0.3, -0.25) is 14.0 Å². The molecular formula is C18H23N7O2. The molecule has 3 N–H and O–H groups in total. The SMILES string of the molecule is CCn1nc(CO)c2c1CCN(C(=O)c1cnc3c(c1)nc(N)n3CC)C2. The maximum Gasteiger partial charge on any atom is 0.255 e. The zero-order valence-electron chi connectivity index (χ0n) is 15.5. The lowest BCUT2D eigenvalue weighted by Gasteiger charge is -2.28. The molecule has 0 unspecified atom stereocenters. The number of aryl methyl sites for hydroxylation is 2. The van der Waals surface area contributed by atoms with Crippen molar-refractivity contribution in [1.29, 1.82) is 0 Å². The van der Waals surface area contributed by atoms with Gasteiger partial charge in [0.2, 0.25) is 5.95 Å². The van der Waals surface area contributed by atoms with Crippen molar-refractivity contribution in [3.8, 4) is 0 Å². The van der Waals surface area contributed by atoms with Crippen LogP contribution in [-0.4, -0.2) is 46.8 Å². The van der Waals surface area contributed by atoms with Crippen LogP contribution in [0, 0.1) is 0 Å². The molecule has 0 spiro atoms. The molecule has 0 aliphatic carbocycles. The highest BCUT2D eigenvalue weighted by molar-refractivity contribution is 5.96. The first-order valence-corrected chi connectivity index (χ1v) is 9.16. The Kier molecular flexibility index (Phi) is 4.31. The second-order valence-electron chi connectivity index (χ2n) is 6.60. The first-order chi connectivity index (χ1) is 13.1. The molecule has 1 aliphatic rings. The van der Waals surface area contributed by atoms with E-state index in [0.29, 0.717) is 48.0 Å².